The Balaban J connectivity index is 2.37. The van der Waals surface area contributed by atoms with E-state index in [-0.39, 0.29) is 4.90 Å². The van der Waals surface area contributed by atoms with Gasteiger partial charge in [0.2, 0.25) is 0 Å². The number of halogens is 2. The Morgan fingerprint density at radius 1 is 1.06 bits per heavy atom. The van der Waals surface area contributed by atoms with E-state index in [1.165, 1.54) is 6.07 Å². The van der Waals surface area contributed by atoms with Crippen LogP contribution < -0.4 is 4.72 Å². The molecule has 2 aromatic carbocycles. The lowest BCUT2D eigenvalue weighted by atomic mass is 10.3. The Morgan fingerprint density at radius 2 is 1.72 bits per heavy atom. The van der Waals surface area contributed by atoms with Crippen molar-refractivity contribution in [2.75, 3.05) is 4.72 Å². The van der Waals surface area contributed by atoms with E-state index in [0.29, 0.717) is 14.3 Å². The Morgan fingerprint density at radius 3 is 2.33 bits per heavy atom. The lowest BCUT2D eigenvalue weighted by Crippen LogP contribution is -2.14. The van der Waals surface area contributed by atoms with Gasteiger partial charge in [0, 0.05) is 14.3 Å². The Kier molecular flexibility index (Phi) is 4.14. The SMILES string of the molecule is O=S(=O)(Nc1ccccc1)c1ccc(Cl)cc1I. The molecule has 0 aromatic heterocycles. The molecule has 94 valence electrons. The molecule has 1 N–H and O–H groups in total. The standard InChI is InChI=1S/C12H9ClINO2S/c13-9-6-7-12(11(14)8-9)18(16,17)15-10-4-2-1-3-5-10/h1-8,15H. The van der Waals surface area contributed by atoms with Crippen LogP contribution in [0, 0.1) is 3.57 Å². The first kappa shape index (κ1) is 13.6. The summed E-state index contributed by atoms with van der Waals surface area (Å²) in [7, 11) is -3.58. The summed E-state index contributed by atoms with van der Waals surface area (Å²) in [5.74, 6) is 0. The van der Waals surface area contributed by atoms with Crippen molar-refractivity contribution in [2.45, 2.75) is 4.90 Å². The number of rotatable bonds is 3. The van der Waals surface area contributed by atoms with Crippen LogP contribution in [0.1, 0.15) is 0 Å². The lowest BCUT2D eigenvalue weighted by Gasteiger charge is -2.09. The summed E-state index contributed by atoms with van der Waals surface area (Å²) >= 11 is 7.76. The molecule has 0 bridgehead atoms. The third-order valence-corrected chi connectivity index (χ3v) is 5.14. The van der Waals surface area contributed by atoms with Gasteiger partial charge in [-0.25, -0.2) is 8.42 Å². The van der Waals surface area contributed by atoms with Crippen molar-refractivity contribution in [3.63, 3.8) is 0 Å². The van der Waals surface area contributed by atoms with Crippen molar-refractivity contribution < 1.29 is 8.42 Å². The molecule has 0 radical (unpaired) electrons. The van der Waals surface area contributed by atoms with Crippen LogP contribution in [0.5, 0.6) is 0 Å². The number of benzene rings is 2. The molecule has 0 unspecified atom stereocenters. The molecular formula is C12H9ClINO2S. The fourth-order valence-electron chi connectivity index (χ4n) is 1.41. The van der Waals surface area contributed by atoms with Crippen molar-refractivity contribution >= 4 is 49.9 Å². The highest BCUT2D eigenvalue weighted by atomic mass is 127. The molecular weight excluding hydrogens is 385 g/mol. The fraction of sp³-hybridized carbons (Fsp3) is 0. The molecule has 0 aliphatic rings. The Labute approximate surface area is 124 Å². The topological polar surface area (TPSA) is 46.2 Å². The molecule has 0 aliphatic heterocycles. The lowest BCUT2D eigenvalue weighted by molar-refractivity contribution is 0.600. The molecule has 0 amide bonds. The van der Waals surface area contributed by atoms with Gasteiger partial charge >= 0.3 is 0 Å². The van der Waals surface area contributed by atoms with Gasteiger partial charge in [-0.15, -0.1) is 0 Å². The minimum atomic E-state index is -3.58. The Hall–Kier alpha value is -0.790. The molecule has 0 spiro atoms. The minimum Gasteiger partial charge on any atom is -0.280 e. The van der Waals surface area contributed by atoms with Gasteiger partial charge in [0.15, 0.2) is 0 Å². The molecule has 0 heterocycles. The van der Waals surface area contributed by atoms with E-state index in [0.717, 1.165) is 0 Å². The van der Waals surface area contributed by atoms with Crippen LogP contribution in [0.15, 0.2) is 53.4 Å². The Bertz CT molecular complexity index is 659. The van der Waals surface area contributed by atoms with E-state index in [1.807, 2.05) is 28.7 Å². The number of sulfonamides is 1. The van der Waals surface area contributed by atoms with Gasteiger partial charge in [0.25, 0.3) is 10.0 Å². The van der Waals surface area contributed by atoms with E-state index < -0.39 is 10.0 Å². The van der Waals surface area contributed by atoms with Gasteiger partial charge < -0.3 is 0 Å². The molecule has 0 saturated carbocycles. The largest absolute Gasteiger partial charge is 0.280 e. The summed E-state index contributed by atoms with van der Waals surface area (Å²) in [5, 5.41) is 0.512. The van der Waals surface area contributed by atoms with E-state index in [4.69, 9.17) is 11.6 Å². The first-order chi connectivity index (χ1) is 8.49. The second-order valence-corrected chi connectivity index (χ2v) is 6.80. The van der Waals surface area contributed by atoms with E-state index >= 15 is 0 Å². The summed E-state index contributed by atoms with van der Waals surface area (Å²) in [4.78, 5) is 0.219. The van der Waals surface area contributed by atoms with Crippen molar-refractivity contribution in [1.29, 1.82) is 0 Å². The molecule has 2 aromatic rings. The maximum absolute atomic E-state index is 12.2. The summed E-state index contributed by atoms with van der Waals surface area (Å²) < 4.78 is 27.5. The van der Waals surface area contributed by atoms with Crippen molar-refractivity contribution in [3.05, 3.63) is 57.1 Å². The van der Waals surface area contributed by atoms with E-state index in [2.05, 4.69) is 4.72 Å². The third kappa shape index (κ3) is 3.15. The van der Waals surface area contributed by atoms with E-state index in [1.54, 1.807) is 36.4 Å². The minimum absolute atomic E-state index is 0.219. The van der Waals surface area contributed by atoms with Gasteiger partial charge in [0.05, 0.1) is 0 Å². The molecule has 0 aliphatic carbocycles. The maximum Gasteiger partial charge on any atom is 0.262 e. The molecule has 3 nitrogen and oxygen atoms in total. The van der Waals surface area contributed by atoms with Gasteiger partial charge in [-0.2, -0.15) is 0 Å². The van der Waals surface area contributed by atoms with Gasteiger partial charge in [-0.1, -0.05) is 29.8 Å². The van der Waals surface area contributed by atoms with Crippen LogP contribution in [0.2, 0.25) is 5.02 Å². The predicted octanol–water partition coefficient (Wildman–Crippen LogP) is 3.75. The summed E-state index contributed by atoms with van der Waals surface area (Å²) in [6.07, 6.45) is 0. The average molecular weight is 394 g/mol. The average Bonchev–Trinajstić information content (AvgIpc) is 2.29. The first-order valence-corrected chi connectivity index (χ1v) is 7.96. The molecule has 0 saturated heterocycles. The molecule has 6 heteroatoms. The van der Waals surface area contributed by atoms with Gasteiger partial charge in [0.1, 0.15) is 4.90 Å². The zero-order chi connectivity index (χ0) is 13.2. The second-order valence-electron chi connectivity index (χ2n) is 3.55. The summed E-state index contributed by atoms with van der Waals surface area (Å²) in [5.41, 5.74) is 0.531. The van der Waals surface area contributed by atoms with Crippen LogP contribution >= 0.6 is 34.2 Å². The first-order valence-electron chi connectivity index (χ1n) is 5.02. The zero-order valence-corrected chi connectivity index (χ0v) is 12.8. The number of para-hydroxylation sites is 1. The van der Waals surface area contributed by atoms with Crippen LogP contribution in [0.3, 0.4) is 0 Å². The highest BCUT2D eigenvalue weighted by Gasteiger charge is 2.17. The predicted molar refractivity (Wildman–Crippen MR) is 81.4 cm³/mol. The molecule has 0 atom stereocenters. The van der Waals surface area contributed by atoms with Crippen molar-refractivity contribution in [2.24, 2.45) is 0 Å². The van der Waals surface area contributed by atoms with Crippen LogP contribution in [0.25, 0.3) is 0 Å². The highest BCUT2D eigenvalue weighted by molar-refractivity contribution is 14.1. The highest BCUT2D eigenvalue weighted by Crippen LogP contribution is 2.24. The molecule has 18 heavy (non-hydrogen) atoms. The summed E-state index contributed by atoms with van der Waals surface area (Å²) in [6, 6.07) is 13.4. The van der Waals surface area contributed by atoms with E-state index in [9.17, 15) is 8.42 Å². The summed E-state index contributed by atoms with van der Waals surface area (Å²) in [6.45, 7) is 0. The van der Waals surface area contributed by atoms with Gasteiger partial charge in [-0.3, -0.25) is 4.72 Å². The maximum atomic E-state index is 12.2. The van der Waals surface area contributed by atoms with Gasteiger partial charge in [-0.05, 0) is 52.9 Å². The number of hydrogen-bond acceptors (Lipinski definition) is 2. The van der Waals surface area contributed by atoms with Crippen LogP contribution in [0.4, 0.5) is 5.69 Å². The van der Waals surface area contributed by atoms with Crippen LogP contribution in [-0.4, -0.2) is 8.42 Å². The number of hydrogen-bond donors (Lipinski definition) is 1. The normalized spacial score (nSPS) is 11.2. The van der Waals surface area contributed by atoms with Crippen molar-refractivity contribution in [3.8, 4) is 0 Å². The zero-order valence-electron chi connectivity index (χ0n) is 9.10. The third-order valence-electron chi connectivity index (χ3n) is 2.21. The van der Waals surface area contributed by atoms with Crippen molar-refractivity contribution in [1.82, 2.24) is 0 Å². The monoisotopic (exact) mass is 393 g/mol. The number of nitrogens with one attached hydrogen (secondary N) is 1. The molecule has 0 fully saturated rings. The second kappa shape index (κ2) is 5.46. The fourth-order valence-corrected chi connectivity index (χ4v) is 4.27. The molecule has 2 rings (SSSR count). The van der Waals surface area contributed by atoms with Crippen LogP contribution in [-0.2, 0) is 10.0 Å². The quantitative estimate of drug-likeness (QED) is 0.808. The smallest absolute Gasteiger partial charge is 0.262 e. The number of anilines is 1.